The average molecular weight is 385 g/mol. The Hall–Kier alpha value is -3.06. The molecule has 2 rings (SSSR count). The van der Waals surface area contributed by atoms with Crippen LogP contribution in [-0.2, 0) is 14.3 Å². The second-order valence-corrected chi connectivity index (χ2v) is 6.07. The van der Waals surface area contributed by atoms with Crippen molar-refractivity contribution in [3.05, 3.63) is 48.5 Å². The Morgan fingerprint density at radius 3 is 2.43 bits per heavy atom. The summed E-state index contributed by atoms with van der Waals surface area (Å²) in [6, 6.07) is 14.5. The summed E-state index contributed by atoms with van der Waals surface area (Å²) in [6.45, 7) is 5.14. The van der Waals surface area contributed by atoms with Gasteiger partial charge in [0, 0.05) is 32.0 Å². The number of amides is 2. The summed E-state index contributed by atoms with van der Waals surface area (Å²) in [5.41, 5.74) is 2.17. The van der Waals surface area contributed by atoms with Gasteiger partial charge in [0.2, 0.25) is 11.8 Å². The summed E-state index contributed by atoms with van der Waals surface area (Å²) in [5.74, 6) is 0.437. The van der Waals surface area contributed by atoms with Crippen LogP contribution in [-0.4, -0.2) is 45.2 Å². The zero-order valence-electron chi connectivity index (χ0n) is 16.5. The smallest absolute Gasteiger partial charge is 0.243 e. The molecular formula is C21H27N3O4. The van der Waals surface area contributed by atoms with Gasteiger partial charge in [-0.05, 0) is 43.3 Å². The average Bonchev–Trinajstić information content (AvgIpc) is 2.70. The van der Waals surface area contributed by atoms with E-state index in [4.69, 9.17) is 9.47 Å². The normalized spacial score (nSPS) is 10.2. The Bertz CT molecular complexity index is 777. The molecule has 7 heteroatoms. The lowest BCUT2D eigenvalue weighted by molar-refractivity contribution is -0.116. The van der Waals surface area contributed by atoms with E-state index in [1.807, 2.05) is 31.2 Å². The number of nitrogens with zero attached hydrogens (tertiary/aromatic N) is 1. The molecule has 0 radical (unpaired) electrons. The number of ether oxygens (including phenoxy) is 2. The van der Waals surface area contributed by atoms with E-state index in [1.54, 1.807) is 31.3 Å². The third-order valence-corrected chi connectivity index (χ3v) is 4.03. The number of para-hydroxylation sites is 2. The van der Waals surface area contributed by atoms with Crippen LogP contribution < -0.4 is 20.3 Å². The van der Waals surface area contributed by atoms with Gasteiger partial charge in [-0.25, -0.2) is 0 Å². The molecule has 0 bridgehead atoms. The third-order valence-electron chi connectivity index (χ3n) is 4.03. The summed E-state index contributed by atoms with van der Waals surface area (Å²) in [6.07, 6.45) is 0. The molecular weight excluding hydrogens is 358 g/mol. The number of hydrogen-bond donors (Lipinski definition) is 2. The van der Waals surface area contributed by atoms with Crippen molar-refractivity contribution in [2.75, 3.05) is 48.9 Å². The summed E-state index contributed by atoms with van der Waals surface area (Å²) < 4.78 is 11.0. The van der Waals surface area contributed by atoms with E-state index in [1.165, 1.54) is 11.8 Å². The SMILES string of the molecule is CCOCCOc1ccccc1NCC(=O)Nc1ccc(N(C)C(C)=O)cc1. The van der Waals surface area contributed by atoms with Crippen LogP contribution in [0.15, 0.2) is 48.5 Å². The lowest BCUT2D eigenvalue weighted by Gasteiger charge is -2.16. The number of nitrogens with one attached hydrogen (secondary N) is 2. The minimum Gasteiger partial charge on any atom is -0.489 e. The molecule has 0 aliphatic carbocycles. The van der Waals surface area contributed by atoms with Crippen molar-refractivity contribution in [3.8, 4) is 5.75 Å². The molecule has 0 spiro atoms. The number of anilines is 3. The van der Waals surface area contributed by atoms with Crippen LogP contribution in [0.2, 0.25) is 0 Å². The zero-order chi connectivity index (χ0) is 20.4. The molecule has 0 heterocycles. The molecule has 0 fully saturated rings. The number of hydrogen-bond acceptors (Lipinski definition) is 5. The van der Waals surface area contributed by atoms with E-state index in [0.717, 1.165) is 11.4 Å². The Balaban J connectivity index is 1.86. The molecule has 0 unspecified atom stereocenters. The Morgan fingerprint density at radius 1 is 1.04 bits per heavy atom. The van der Waals surface area contributed by atoms with Gasteiger partial charge in [0.05, 0.1) is 18.8 Å². The molecule has 0 aliphatic rings. The summed E-state index contributed by atoms with van der Waals surface area (Å²) in [7, 11) is 1.70. The first kappa shape index (κ1) is 21.2. The molecule has 0 aliphatic heterocycles. The minimum absolute atomic E-state index is 0.0527. The quantitative estimate of drug-likeness (QED) is 0.614. The van der Waals surface area contributed by atoms with Gasteiger partial charge in [-0.3, -0.25) is 9.59 Å². The third kappa shape index (κ3) is 6.59. The van der Waals surface area contributed by atoms with Gasteiger partial charge in [-0.2, -0.15) is 0 Å². The summed E-state index contributed by atoms with van der Waals surface area (Å²) >= 11 is 0. The van der Waals surface area contributed by atoms with E-state index in [-0.39, 0.29) is 18.4 Å². The Kier molecular flexibility index (Phi) is 8.30. The van der Waals surface area contributed by atoms with Crippen molar-refractivity contribution in [1.29, 1.82) is 0 Å². The monoisotopic (exact) mass is 385 g/mol. The highest BCUT2D eigenvalue weighted by Gasteiger charge is 2.08. The van der Waals surface area contributed by atoms with Gasteiger partial charge in [-0.15, -0.1) is 0 Å². The predicted molar refractivity (Wildman–Crippen MR) is 111 cm³/mol. The maximum atomic E-state index is 12.2. The highest BCUT2D eigenvalue weighted by atomic mass is 16.5. The maximum absolute atomic E-state index is 12.2. The van der Waals surface area contributed by atoms with E-state index in [2.05, 4.69) is 10.6 Å². The van der Waals surface area contributed by atoms with Crippen LogP contribution in [0, 0.1) is 0 Å². The topological polar surface area (TPSA) is 79.9 Å². The molecule has 28 heavy (non-hydrogen) atoms. The molecule has 2 N–H and O–H groups in total. The first-order chi connectivity index (χ1) is 13.5. The largest absolute Gasteiger partial charge is 0.489 e. The van der Waals surface area contributed by atoms with Gasteiger partial charge < -0.3 is 25.0 Å². The zero-order valence-corrected chi connectivity index (χ0v) is 16.5. The second-order valence-electron chi connectivity index (χ2n) is 6.07. The van der Waals surface area contributed by atoms with E-state index < -0.39 is 0 Å². The van der Waals surface area contributed by atoms with Gasteiger partial charge in [0.25, 0.3) is 0 Å². The standard InChI is InChI=1S/C21H27N3O4/c1-4-27-13-14-28-20-8-6-5-7-19(20)22-15-21(26)23-17-9-11-18(12-10-17)24(3)16(2)25/h5-12,22H,4,13-15H2,1-3H3,(H,23,26). The highest BCUT2D eigenvalue weighted by Crippen LogP contribution is 2.23. The fourth-order valence-electron chi connectivity index (χ4n) is 2.42. The first-order valence-electron chi connectivity index (χ1n) is 9.19. The second kappa shape index (κ2) is 10.9. The predicted octanol–water partition coefficient (Wildman–Crippen LogP) is 3.14. The van der Waals surface area contributed by atoms with Crippen LogP contribution in [0.25, 0.3) is 0 Å². The van der Waals surface area contributed by atoms with Crippen molar-refractivity contribution in [2.45, 2.75) is 13.8 Å². The Labute approximate surface area is 165 Å². The fraction of sp³-hybridized carbons (Fsp3) is 0.333. The van der Waals surface area contributed by atoms with Gasteiger partial charge >= 0.3 is 0 Å². The lowest BCUT2D eigenvalue weighted by Crippen LogP contribution is -2.23. The van der Waals surface area contributed by atoms with Crippen molar-refractivity contribution < 1.29 is 19.1 Å². The highest BCUT2D eigenvalue weighted by molar-refractivity contribution is 5.95. The summed E-state index contributed by atoms with van der Waals surface area (Å²) in [5, 5.41) is 5.91. The molecule has 150 valence electrons. The van der Waals surface area contributed by atoms with Crippen molar-refractivity contribution >= 4 is 28.9 Å². The molecule has 2 aromatic carbocycles. The molecule has 2 aromatic rings. The summed E-state index contributed by atoms with van der Waals surface area (Å²) in [4.78, 5) is 25.1. The molecule has 0 aromatic heterocycles. The minimum atomic E-state index is -0.184. The van der Waals surface area contributed by atoms with Crippen molar-refractivity contribution in [2.24, 2.45) is 0 Å². The van der Waals surface area contributed by atoms with Crippen molar-refractivity contribution in [3.63, 3.8) is 0 Å². The van der Waals surface area contributed by atoms with Crippen LogP contribution >= 0.6 is 0 Å². The number of carbonyl (C=O) groups is 2. The Morgan fingerprint density at radius 2 is 1.75 bits per heavy atom. The van der Waals surface area contributed by atoms with Gasteiger partial charge in [0.15, 0.2) is 0 Å². The molecule has 2 amide bonds. The van der Waals surface area contributed by atoms with Crippen molar-refractivity contribution in [1.82, 2.24) is 0 Å². The van der Waals surface area contributed by atoms with Crippen LogP contribution in [0.4, 0.5) is 17.1 Å². The maximum Gasteiger partial charge on any atom is 0.243 e. The van der Waals surface area contributed by atoms with E-state index in [9.17, 15) is 9.59 Å². The molecule has 7 nitrogen and oxygen atoms in total. The number of carbonyl (C=O) groups excluding carboxylic acids is 2. The molecule has 0 saturated carbocycles. The van der Waals surface area contributed by atoms with Gasteiger partial charge in [0.1, 0.15) is 12.4 Å². The lowest BCUT2D eigenvalue weighted by atomic mass is 10.2. The van der Waals surface area contributed by atoms with Gasteiger partial charge in [-0.1, -0.05) is 12.1 Å². The number of rotatable bonds is 10. The van der Waals surface area contributed by atoms with Crippen LogP contribution in [0.1, 0.15) is 13.8 Å². The molecule has 0 atom stereocenters. The fourth-order valence-corrected chi connectivity index (χ4v) is 2.42. The molecule has 0 saturated heterocycles. The van der Waals surface area contributed by atoms with Crippen LogP contribution in [0.5, 0.6) is 5.75 Å². The first-order valence-corrected chi connectivity index (χ1v) is 9.19. The van der Waals surface area contributed by atoms with Crippen LogP contribution in [0.3, 0.4) is 0 Å². The number of benzene rings is 2. The van der Waals surface area contributed by atoms with E-state index in [0.29, 0.717) is 31.3 Å². The van der Waals surface area contributed by atoms with E-state index >= 15 is 0 Å².